The van der Waals surface area contributed by atoms with Gasteiger partial charge in [0, 0.05) is 24.6 Å². The molecule has 0 spiro atoms. The molecule has 4 heteroatoms. The number of rotatable bonds is 1. The van der Waals surface area contributed by atoms with Gasteiger partial charge >= 0.3 is 5.97 Å². The van der Waals surface area contributed by atoms with E-state index in [1.807, 2.05) is 24.3 Å². The number of hydrogen-bond acceptors (Lipinski definition) is 4. The summed E-state index contributed by atoms with van der Waals surface area (Å²) in [7, 11) is 0. The van der Waals surface area contributed by atoms with E-state index < -0.39 is 5.97 Å². The van der Waals surface area contributed by atoms with Crippen LogP contribution in [0, 0.1) is 0 Å². The molecule has 1 aromatic carbocycles. The highest BCUT2D eigenvalue weighted by Crippen LogP contribution is 2.36. The molecule has 1 aliphatic carbocycles. The Balaban J connectivity index is 2.02. The SMILES string of the molecule is CC(=O)Oc1ccc2c(c1)OC(=C1C=CC=C1)C=C2O. The maximum atomic E-state index is 11.0. The van der Waals surface area contributed by atoms with E-state index in [1.54, 1.807) is 24.3 Å². The molecule has 2 aliphatic rings. The quantitative estimate of drug-likeness (QED) is 0.627. The van der Waals surface area contributed by atoms with Crippen molar-refractivity contribution in [3.05, 3.63) is 65.5 Å². The van der Waals surface area contributed by atoms with E-state index in [9.17, 15) is 9.90 Å². The highest BCUT2D eigenvalue weighted by Gasteiger charge is 2.19. The second-order valence-corrected chi connectivity index (χ2v) is 4.42. The third-order valence-corrected chi connectivity index (χ3v) is 2.93. The summed E-state index contributed by atoms with van der Waals surface area (Å²) >= 11 is 0. The van der Waals surface area contributed by atoms with Gasteiger partial charge in [0.05, 0.1) is 5.56 Å². The summed E-state index contributed by atoms with van der Waals surface area (Å²) in [4.78, 5) is 11.0. The van der Waals surface area contributed by atoms with Crippen molar-refractivity contribution in [1.82, 2.24) is 0 Å². The predicted molar refractivity (Wildman–Crippen MR) is 74.3 cm³/mol. The summed E-state index contributed by atoms with van der Waals surface area (Å²) in [6, 6.07) is 4.85. The van der Waals surface area contributed by atoms with Gasteiger partial charge in [-0.15, -0.1) is 0 Å². The number of carbonyl (C=O) groups is 1. The number of carbonyl (C=O) groups excluding carboxylic acids is 1. The Labute approximate surface area is 115 Å². The smallest absolute Gasteiger partial charge is 0.308 e. The summed E-state index contributed by atoms with van der Waals surface area (Å²) in [6.45, 7) is 1.33. The van der Waals surface area contributed by atoms with Crippen LogP contribution in [0.3, 0.4) is 0 Å². The van der Waals surface area contributed by atoms with Gasteiger partial charge in [0.1, 0.15) is 23.0 Å². The topological polar surface area (TPSA) is 55.8 Å². The summed E-state index contributed by atoms with van der Waals surface area (Å²) in [5.74, 6) is 1.12. The minimum Gasteiger partial charge on any atom is -0.507 e. The van der Waals surface area contributed by atoms with Gasteiger partial charge in [-0.05, 0) is 12.1 Å². The first kappa shape index (κ1) is 12.3. The van der Waals surface area contributed by atoms with Crippen LogP contribution in [0.2, 0.25) is 0 Å². The Morgan fingerprint density at radius 1 is 1.25 bits per heavy atom. The van der Waals surface area contributed by atoms with Crippen molar-refractivity contribution < 1.29 is 19.4 Å². The van der Waals surface area contributed by atoms with E-state index in [1.165, 1.54) is 6.92 Å². The van der Waals surface area contributed by atoms with Crippen molar-refractivity contribution in [2.75, 3.05) is 0 Å². The monoisotopic (exact) mass is 268 g/mol. The second-order valence-electron chi connectivity index (χ2n) is 4.42. The molecule has 3 rings (SSSR count). The van der Waals surface area contributed by atoms with Crippen molar-refractivity contribution >= 4 is 11.7 Å². The Hall–Kier alpha value is -2.75. The fraction of sp³-hybridized carbons (Fsp3) is 0.0625. The Kier molecular flexibility index (Phi) is 2.91. The third-order valence-electron chi connectivity index (χ3n) is 2.93. The first-order valence-corrected chi connectivity index (χ1v) is 6.14. The summed E-state index contributed by atoms with van der Waals surface area (Å²) in [5, 5.41) is 10.1. The second kappa shape index (κ2) is 4.74. The van der Waals surface area contributed by atoms with Crippen LogP contribution >= 0.6 is 0 Å². The molecule has 0 amide bonds. The standard InChI is InChI=1S/C16H12O4/c1-10(17)19-12-6-7-13-14(18)9-15(20-16(13)8-12)11-4-2-3-5-11/h2-9,18H,1H3. The molecule has 20 heavy (non-hydrogen) atoms. The van der Waals surface area contributed by atoms with Crippen LogP contribution in [0.4, 0.5) is 0 Å². The minimum atomic E-state index is -0.402. The minimum absolute atomic E-state index is 0.122. The highest BCUT2D eigenvalue weighted by molar-refractivity contribution is 5.73. The lowest BCUT2D eigenvalue weighted by Crippen LogP contribution is -2.06. The molecule has 0 bridgehead atoms. The predicted octanol–water partition coefficient (Wildman–Crippen LogP) is 3.28. The number of aliphatic hydroxyl groups excluding tert-OH is 1. The van der Waals surface area contributed by atoms with Gasteiger partial charge in [0.15, 0.2) is 0 Å². The fourth-order valence-corrected chi connectivity index (χ4v) is 2.06. The van der Waals surface area contributed by atoms with Crippen LogP contribution in [-0.4, -0.2) is 11.1 Å². The van der Waals surface area contributed by atoms with Gasteiger partial charge in [-0.3, -0.25) is 4.79 Å². The van der Waals surface area contributed by atoms with E-state index in [0.717, 1.165) is 5.57 Å². The van der Waals surface area contributed by atoms with Crippen LogP contribution in [-0.2, 0) is 4.79 Å². The first-order chi connectivity index (χ1) is 9.63. The molecule has 0 radical (unpaired) electrons. The van der Waals surface area contributed by atoms with Gasteiger partial charge < -0.3 is 14.6 Å². The van der Waals surface area contributed by atoms with Crippen molar-refractivity contribution in [3.8, 4) is 11.5 Å². The number of benzene rings is 1. The van der Waals surface area contributed by atoms with E-state index in [0.29, 0.717) is 22.8 Å². The van der Waals surface area contributed by atoms with Crippen LogP contribution in [0.25, 0.3) is 5.76 Å². The van der Waals surface area contributed by atoms with E-state index in [2.05, 4.69) is 0 Å². The van der Waals surface area contributed by atoms with Gasteiger partial charge in [-0.25, -0.2) is 0 Å². The van der Waals surface area contributed by atoms with E-state index >= 15 is 0 Å². The van der Waals surface area contributed by atoms with Crippen molar-refractivity contribution in [2.24, 2.45) is 0 Å². The number of ether oxygens (including phenoxy) is 2. The summed E-state index contributed by atoms with van der Waals surface area (Å²) < 4.78 is 10.8. The molecule has 1 aromatic rings. The average Bonchev–Trinajstić information content (AvgIpc) is 2.91. The summed E-state index contributed by atoms with van der Waals surface area (Å²) in [6.07, 6.45) is 9.13. The molecule has 1 aliphatic heterocycles. The van der Waals surface area contributed by atoms with Crippen molar-refractivity contribution in [1.29, 1.82) is 0 Å². The number of esters is 1. The molecule has 0 atom stereocenters. The third kappa shape index (κ3) is 2.23. The largest absolute Gasteiger partial charge is 0.507 e. The Morgan fingerprint density at radius 2 is 2.00 bits per heavy atom. The molecule has 1 N–H and O–H groups in total. The van der Waals surface area contributed by atoms with Crippen LogP contribution in [0.5, 0.6) is 11.5 Å². The molecule has 0 saturated carbocycles. The average molecular weight is 268 g/mol. The molecular formula is C16H12O4. The normalized spacial score (nSPS) is 15.8. The zero-order chi connectivity index (χ0) is 14.1. The maximum absolute atomic E-state index is 11.0. The van der Waals surface area contributed by atoms with Crippen molar-refractivity contribution in [2.45, 2.75) is 6.92 Å². The van der Waals surface area contributed by atoms with Gasteiger partial charge in [-0.1, -0.05) is 24.3 Å². The Bertz CT molecular complexity index is 691. The van der Waals surface area contributed by atoms with Crippen molar-refractivity contribution in [3.63, 3.8) is 0 Å². The van der Waals surface area contributed by atoms with Crippen LogP contribution < -0.4 is 9.47 Å². The molecule has 0 saturated heterocycles. The number of allylic oxidation sites excluding steroid dienone is 6. The molecular weight excluding hydrogens is 256 g/mol. The molecule has 4 nitrogen and oxygen atoms in total. The lowest BCUT2D eigenvalue weighted by atomic mass is 10.1. The van der Waals surface area contributed by atoms with Gasteiger partial charge in [0.2, 0.25) is 0 Å². The van der Waals surface area contributed by atoms with E-state index in [4.69, 9.17) is 9.47 Å². The molecule has 100 valence electrons. The summed E-state index contributed by atoms with van der Waals surface area (Å²) in [5.41, 5.74) is 1.44. The van der Waals surface area contributed by atoms with Gasteiger partial charge in [0.25, 0.3) is 0 Å². The maximum Gasteiger partial charge on any atom is 0.308 e. The lowest BCUT2D eigenvalue weighted by molar-refractivity contribution is -0.131. The number of hydrogen-bond donors (Lipinski definition) is 1. The Morgan fingerprint density at radius 3 is 2.70 bits per heavy atom. The van der Waals surface area contributed by atoms with Crippen LogP contribution in [0.1, 0.15) is 12.5 Å². The number of aliphatic hydroxyl groups is 1. The zero-order valence-corrected chi connectivity index (χ0v) is 10.8. The van der Waals surface area contributed by atoms with Gasteiger partial charge in [-0.2, -0.15) is 0 Å². The molecule has 0 aromatic heterocycles. The highest BCUT2D eigenvalue weighted by atomic mass is 16.5. The first-order valence-electron chi connectivity index (χ1n) is 6.14. The van der Waals surface area contributed by atoms with E-state index in [-0.39, 0.29) is 5.76 Å². The fourth-order valence-electron chi connectivity index (χ4n) is 2.06. The molecule has 1 heterocycles. The number of fused-ring (bicyclic) bond motifs is 1. The lowest BCUT2D eigenvalue weighted by Gasteiger charge is -2.18. The zero-order valence-electron chi connectivity index (χ0n) is 10.8. The van der Waals surface area contributed by atoms with Crippen LogP contribution in [0.15, 0.2) is 59.9 Å². The molecule has 0 unspecified atom stereocenters. The molecule has 0 fully saturated rings.